The fourth-order valence-electron chi connectivity index (χ4n) is 6.04. The number of carbonyl (C=O) groups is 6. The van der Waals surface area contributed by atoms with Gasteiger partial charge in [-0.25, -0.2) is 19.2 Å². The molecule has 2 unspecified atom stereocenters. The van der Waals surface area contributed by atoms with Crippen LogP contribution in [0.15, 0.2) is 60.7 Å². The number of benzene rings is 2. The lowest BCUT2D eigenvalue weighted by Crippen LogP contribution is -2.34. The van der Waals surface area contributed by atoms with Crippen LogP contribution >= 0.6 is 21.6 Å². The maximum absolute atomic E-state index is 13.0. The number of hydrogen-bond donors (Lipinski definition) is 6. The molecule has 0 bridgehead atoms. The van der Waals surface area contributed by atoms with Gasteiger partial charge >= 0.3 is 24.4 Å². The summed E-state index contributed by atoms with van der Waals surface area (Å²) in [6.07, 6.45) is 11.5. The minimum absolute atomic E-state index is 0.0649. The van der Waals surface area contributed by atoms with Crippen molar-refractivity contribution in [3.05, 3.63) is 71.8 Å². The summed E-state index contributed by atoms with van der Waals surface area (Å²) in [6, 6.07) is 8.29. The second kappa shape index (κ2) is 34.5. The summed E-state index contributed by atoms with van der Waals surface area (Å²) in [7, 11) is 5.44. The van der Waals surface area contributed by atoms with Crippen LogP contribution in [0.4, 0.5) is 19.2 Å². The number of methoxy groups -OCH3 is 2. The second-order valence-corrected chi connectivity index (χ2v) is 18.8. The van der Waals surface area contributed by atoms with Gasteiger partial charge in [-0.05, 0) is 85.8 Å². The van der Waals surface area contributed by atoms with E-state index in [-0.39, 0.29) is 85.3 Å². The standard InChI is InChI=1S/C48H72N6O12S2/c1-33(2)15-11-7-9-13-17-43(55)53-29-35-19-21-39(41(27-35)61-5)65-47(59)63-37(23-25-51-45(49)57)31-67-68-32-38(24-26-52-46(50)58)64-48(60)66-40-22-20-36(28-42(40)62-6)30-54-44(56)18-14-10-8-12-16-34(3)4/h11-12,15-16,19-22,27-28,33-34,37-38H,7-10,13-14,17-18,23-26,29-32H2,1-6H3,(H,53,55)(H,54,56)(H3,49,51,57)(H3,50,52,58)/b15-11+,16-12+. The third kappa shape index (κ3) is 27.8. The van der Waals surface area contributed by atoms with Gasteiger partial charge in [0.05, 0.1) is 14.2 Å². The quantitative estimate of drug-likeness (QED) is 0.0129. The van der Waals surface area contributed by atoms with E-state index in [0.29, 0.717) is 24.7 Å². The van der Waals surface area contributed by atoms with Gasteiger partial charge in [0.1, 0.15) is 12.2 Å². The van der Waals surface area contributed by atoms with Crippen molar-refractivity contribution in [1.82, 2.24) is 21.3 Å². The van der Waals surface area contributed by atoms with Gasteiger partial charge in [-0.3, -0.25) is 9.59 Å². The summed E-state index contributed by atoms with van der Waals surface area (Å²) in [5.74, 6) is 2.02. The van der Waals surface area contributed by atoms with Crippen LogP contribution in [0.5, 0.6) is 23.0 Å². The minimum atomic E-state index is -1.02. The van der Waals surface area contributed by atoms with E-state index in [1.54, 1.807) is 36.4 Å². The van der Waals surface area contributed by atoms with Gasteiger partial charge in [0.15, 0.2) is 23.0 Å². The molecule has 0 aliphatic carbocycles. The van der Waals surface area contributed by atoms with E-state index < -0.39 is 36.6 Å². The number of nitrogens with one attached hydrogen (secondary N) is 4. The topological polar surface area (TPSA) is 258 Å². The van der Waals surface area contributed by atoms with E-state index in [9.17, 15) is 28.8 Å². The van der Waals surface area contributed by atoms with E-state index in [1.165, 1.54) is 35.8 Å². The van der Waals surface area contributed by atoms with E-state index in [0.717, 1.165) is 49.7 Å². The van der Waals surface area contributed by atoms with Gasteiger partial charge in [0, 0.05) is 63.4 Å². The zero-order valence-electron chi connectivity index (χ0n) is 40.3. The first-order valence-electron chi connectivity index (χ1n) is 22.9. The maximum atomic E-state index is 13.0. The SMILES string of the molecule is COc1cc(CNC(=O)CCCC/C=C/C(C)C)ccc1OC(=O)OC(CCNC(N)=O)CSSCC(CCNC(N)=O)OC(=O)Oc1ccc(CNC(=O)CCCC/C=C/C(C)C)cc1OC. The Morgan fingerprint density at radius 2 is 0.971 bits per heavy atom. The van der Waals surface area contributed by atoms with Crippen LogP contribution in [-0.2, 0) is 32.2 Å². The molecule has 0 fully saturated rings. The number of urea groups is 2. The third-order valence-electron chi connectivity index (χ3n) is 9.56. The minimum Gasteiger partial charge on any atom is -0.493 e. The van der Waals surface area contributed by atoms with E-state index in [2.05, 4.69) is 73.3 Å². The van der Waals surface area contributed by atoms with Gasteiger partial charge in [-0.15, -0.1) is 0 Å². The molecule has 0 spiro atoms. The molecule has 0 saturated heterocycles. The van der Waals surface area contributed by atoms with Crippen LogP contribution in [0.25, 0.3) is 0 Å². The van der Waals surface area contributed by atoms with Crippen LogP contribution in [-0.4, -0.2) is 87.2 Å². The largest absolute Gasteiger partial charge is 0.514 e. The first-order chi connectivity index (χ1) is 32.6. The Morgan fingerprint density at radius 1 is 0.574 bits per heavy atom. The van der Waals surface area contributed by atoms with Gasteiger partial charge in [-0.1, -0.05) is 85.7 Å². The number of hydrogen-bond acceptors (Lipinski definition) is 14. The van der Waals surface area contributed by atoms with Gasteiger partial charge in [0.25, 0.3) is 0 Å². The lowest BCUT2D eigenvalue weighted by Gasteiger charge is -2.20. The number of nitrogens with two attached hydrogens (primary N) is 2. The van der Waals surface area contributed by atoms with Crippen LogP contribution in [0, 0.1) is 11.8 Å². The zero-order valence-corrected chi connectivity index (χ0v) is 41.9. The van der Waals surface area contributed by atoms with Gasteiger partial charge in [0.2, 0.25) is 11.8 Å². The maximum Gasteiger partial charge on any atom is 0.514 e. The van der Waals surface area contributed by atoms with Crippen molar-refractivity contribution in [2.75, 3.05) is 38.8 Å². The molecule has 6 amide bonds. The van der Waals surface area contributed by atoms with E-state index >= 15 is 0 Å². The number of carbonyl (C=O) groups excluding carboxylic acids is 6. The highest BCUT2D eigenvalue weighted by atomic mass is 33.1. The summed E-state index contributed by atoms with van der Waals surface area (Å²) in [5, 5.41) is 10.8. The highest BCUT2D eigenvalue weighted by Gasteiger charge is 2.22. The van der Waals surface area contributed by atoms with Crippen molar-refractivity contribution < 1.29 is 57.2 Å². The average Bonchev–Trinajstić information content (AvgIpc) is 3.28. The average molecular weight is 989 g/mol. The fraction of sp³-hybridized carbons (Fsp3) is 0.542. The molecular weight excluding hydrogens is 917 g/mol. The Kier molecular flexibility index (Phi) is 29.6. The first kappa shape index (κ1) is 58.4. The normalized spacial score (nSPS) is 12.1. The molecule has 20 heteroatoms. The predicted molar refractivity (Wildman–Crippen MR) is 266 cm³/mol. The summed E-state index contributed by atoms with van der Waals surface area (Å²) in [4.78, 5) is 73.6. The summed E-state index contributed by atoms with van der Waals surface area (Å²) in [6.45, 7) is 9.21. The molecule has 2 aromatic rings. The molecule has 0 saturated carbocycles. The van der Waals surface area contributed by atoms with Crippen molar-refractivity contribution >= 4 is 57.8 Å². The van der Waals surface area contributed by atoms with Crippen molar-refractivity contribution in [1.29, 1.82) is 0 Å². The number of allylic oxidation sites excluding steroid dienone is 4. The highest BCUT2D eigenvalue weighted by Crippen LogP contribution is 2.31. The Labute approximate surface area is 408 Å². The van der Waals surface area contributed by atoms with Gasteiger partial charge in [-0.2, -0.15) is 0 Å². The molecule has 68 heavy (non-hydrogen) atoms. The van der Waals surface area contributed by atoms with Gasteiger partial charge < -0.3 is 61.2 Å². The fourth-order valence-corrected chi connectivity index (χ4v) is 8.49. The molecule has 8 N–H and O–H groups in total. The number of primary amides is 2. The molecule has 2 rings (SSSR count). The first-order valence-corrected chi connectivity index (χ1v) is 25.4. The van der Waals surface area contributed by atoms with Crippen molar-refractivity contribution in [3.8, 4) is 23.0 Å². The highest BCUT2D eigenvalue weighted by molar-refractivity contribution is 8.76. The molecule has 0 radical (unpaired) electrons. The van der Waals surface area contributed by atoms with Crippen LogP contribution in [0.1, 0.15) is 103 Å². The molecule has 378 valence electrons. The Hall–Kier alpha value is -5.76. The molecule has 2 aromatic carbocycles. The molecule has 0 aliphatic heterocycles. The molecule has 0 aromatic heterocycles. The third-order valence-corrected chi connectivity index (χ3v) is 12.1. The van der Waals surface area contributed by atoms with E-state index in [1.807, 2.05) is 0 Å². The van der Waals surface area contributed by atoms with Crippen molar-refractivity contribution in [2.45, 2.75) is 117 Å². The number of unbranched alkanes of at least 4 members (excludes halogenated alkanes) is 4. The molecule has 2 atom stereocenters. The Morgan fingerprint density at radius 3 is 1.32 bits per heavy atom. The zero-order chi connectivity index (χ0) is 50.1. The number of ether oxygens (including phenoxy) is 6. The smallest absolute Gasteiger partial charge is 0.493 e. The monoisotopic (exact) mass is 988 g/mol. The molecular formula is C48H72N6O12S2. The lowest BCUT2D eigenvalue weighted by atomic mass is 10.1. The summed E-state index contributed by atoms with van der Waals surface area (Å²) in [5.41, 5.74) is 12.0. The second-order valence-electron chi connectivity index (χ2n) is 16.3. The molecule has 18 nitrogen and oxygen atoms in total. The Balaban J connectivity index is 1.95. The molecule has 0 aliphatic rings. The van der Waals surface area contributed by atoms with Crippen molar-refractivity contribution in [2.24, 2.45) is 23.3 Å². The Bertz CT molecular complexity index is 1800. The van der Waals surface area contributed by atoms with E-state index in [4.69, 9.17) is 39.9 Å². The van der Waals surface area contributed by atoms with Crippen LogP contribution in [0.3, 0.4) is 0 Å². The molecule has 0 heterocycles. The lowest BCUT2D eigenvalue weighted by molar-refractivity contribution is -0.122. The predicted octanol–water partition coefficient (Wildman–Crippen LogP) is 8.45. The number of rotatable bonds is 33. The summed E-state index contributed by atoms with van der Waals surface area (Å²) < 4.78 is 33.2. The van der Waals surface area contributed by atoms with Crippen LogP contribution in [0.2, 0.25) is 0 Å². The number of amides is 6. The van der Waals surface area contributed by atoms with Crippen molar-refractivity contribution in [3.63, 3.8) is 0 Å². The van der Waals surface area contributed by atoms with Crippen LogP contribution < -0.4 is 51.7 Å². The summed E-state index contributed by atoms with van der Waals surface area (Å²) >= 11 is 0.